The Hall–Kier alpha value is -2.12. The highest BCUT2D eigenvalue weighted by molar-refractivity contribution is 9.10. The standard InChI is InChI=1S/C19H21BrN2O4/c20-14-4-1-5-15(12-14)22-9-7-17(19(22)24)18(23)21-8-3-10-25-13-16-6-2-11-26-16/h1-2,4-6,11-12,17H,3,7-10,13H2,(H,21,23). The van der Waals surface area contributed by atoms with Crippen molar-refractivity contribution in [3.63, 3.8) is 0 Å². The molecule has 1 aliphatic rings. The number of nitrogens with one attached hydrogen (secondary N) is 1. The Morgan fingerprint density at radius 2 is 2.23 bits per heavy atom. The molecule has 138 valence electrons. The molecule has 1 aromatic carbocycles. The molecule has 0 aliphatic carbocycles. The van der Waals surface area contributed by atoms with Crippen LogP contribution in [0, 0.1) is 5.92 Å². The molecule has 2 heterocycles. The summed E-state index contributed by atoms with van der Waals surface area (Å²) in [5.41, 5.74) is 0.811. The number of ether oxygens (including phenoxy) is 1. The van der Waals surface area contributed by atoms with Crippen molar-refractivity contribution in [1.29, 1.82) is 0 Å². The second kappa shape index (κ2) is 9.00. The number of hydrogen-bond acceptors (Lipinski definition) is 4. The number of amides is 2. The first-order valence-electron chi connectivity index (χ1n) is 8.60. The Bertz CT molecular complexity index is 748. The Morgan fingerprint density at radius 3 is 3.00 bits per heavy atom. The van der Waals surface area contributed by atoms with E-state index in [1.807, 2.05) is 36.4 Å². The number of furan rings is 1. The zero-order chi connectivity index (χ0) is 18.4. The SMILES string of the molecule is O=C(NCCCOCc1ccco1)C1CCN(c2cccc(Br)c2)C1=O. The highest BCUT2D eigenvalue weighted by Crippen LogP contribution is 2.27. The molecule has 26 heavy (non-hydrogen) atoms. The van der Waals surface area contributed by atoms with Gasteiger partial charge in [-0.2, -0.15) is 0 Å². The van der Waals surface area contributed by atoms with Crippen LogP contribution in [0.1, 0.15) is 18.6 Å². The van der Waals surface area contributed by atoms with Crippen LogP contribution >= 0.6 is 15.9 Å². The Kier molecular flexibility index (Phi) is 6.46. The van der Waals surface area contributed by atoms with E-state index in [9.17, 15) is 9.59 Å². The van der Waals surface area contributed by atoms with E-state index in [-0.39, 0.29) is 11.8 Å². The van der Waals surface area contributed by atoms with Crippen LogP contribution in [0.2, 0.25) is 0 Å². The molecule has 1 N–H and O–H groups in total. The van der Waals surface area contributed by atoms with E-state index in [1.54, 1.807) is 11.2 Å². The highest BCUT2D eigenvalue weighted by atomic mass is 79.9. The van der Waals surface area contributed by atoms with E-state index in [4.69, 9.17) is 9.15 Å². The molecule has 1 fully saturated rings. The van der Waals surface area contributed by atoms with Crippen LogP contribution in [-0.2, 0) is 20.9 Å². The zero-order valence-electron chi connectivity index (χ0n) is 14.3. The molecule has 0 radical (unpaired) electrons. The Labute approximate surface area is 160 Å². The number of benzene rings is 1. The van der Waals surface area contributed by atoms with Gasteiger partial charge in [-0.1, -0.05) is 22.0 Å². The lowest BCUT2D eigenvalue weighted by atomic mass is 10.1. The molecule has 3 rings (SSSR count). The number of hydrogen-bond donors (Lipinski definition) is 1. The van der Waals surface area contributed by atoms with Gasteiger partial charge in [0.25, 0.3) is 0 Å². The van der Waals surface area contributed by atoms with Crippen LogP contribution in [0.4, 0.5) is 5.69 Å². The van der Waals surface area contributed by atoms with E-state index < -0.39 is 5.92 Å². The van der Waals surface area contributed by atoms with Gasteiger partial charge < -0.3 is 19.4 Å². The van der Waals surface area contributed by atoms with Crippen molar-refractivity contribution >= 4 is 33.4 Å². The van der Waals surface area contributed by atoms with Gasteiger partial charge in [-0.15, -0.1) is 0 Å². The first-order valence-corrected chi connectivity index (χ1v) is 9.39. The van der Waals surface area contributed by atoms with Gasteiger partial charge in [-0.25, -0.2) is 0 Å². The molecule has 2 aromatic rings. The molecular weight excluding hydrogens is 400 g/mol. The van der Waals surface area contributed by atoms with Gasteiger partial charge in [0.1, 0.15) is 18.3 Å². The molecule has 1 aliphatic heterocycles. The molecular formula is C19H21BrN2O4. The molecule has 1 saturated heterocycles. The van der Waals surface area contributed by atoms with Crippen LogP contribution in [-0.4, -0.2) is 31.5 Å². The van der Waals surface area contributed by atoms with Gasteiger partial charge >= 0.3 is 0 Å². The van der Waals surface area contributed by atoms with Crippen molar-refractivity contribution in [3.05, 3.63) is 52.9 Å². The van der Waals surface area contributed by atoms with Crippen molar-refractivity contribution in [3.8, 4) is 0 Å². The molecule has 2 amide bonds. The molecule has 0 bridgehead atoms. The fourth-order valence-corrected chi connectivity index (χ4v) is 3.29. The smallest absolute Gasteiger partial charge is 0.239 e. The number of carbonyl (C=O) groups is 2. The minimum absolute atomic E-state index is 0.144. The summed E-state index contributed by atoms with van der Waals surface area (Å²) in [6.07, 6.45) is 2.82. The van der Waals surface area contributed by atoms with E-state index >= 15 is 0 Å². The number of carbonyl (C=O) groups excluding carboxylic acids is 2. The van der Waals surface area contributed by atoms with E-state index in [1.165, 1.54) is 0 Å². The molecule has 0 spiro atoms. The Balaban J connectivity index is 1.39. The Morgan fingerprint density at radius 1 is 1.35 bits per heavy atom. The predicted molar refractivity (Wildman–Crippen MR) is 101 cm³/mol. The van der Waals surface area contributed by atoms with Crippen LogP contribution in [0.25, 0.3) is 0 Å². The van der Waals surface area contributed by atoms with Gasteiger partial charge in [-0.05, 0) is 43.2 Å². The topological polar surface area (TPSA) is 71.8 Å². The van der Waals surface area contributed by atoms with E-state index in [0.717, 1.165) is 15.9 Å². The van der Waals surface area contributed by atoms with Crippen LogP contribution in [0.5, 0.6) is 0 Å². The summed E-state index contributed by atoms with van der Waals surface area (Å²) in [5.74, 6) is -0.190. The fourth-order valence-electron chi connectivity index (χ4n) is 2.90. The minimum atomic E-state index is -0.613. The first-order chi connectivity index (χ1) is 12.6. The number of rotatable bonds is 8. The van der Waals surface area contributed by atoms with Crippen LogP contribution in [0.3, 0.4) is 0 Å². The van der Waals surface area contributed by atoms with Crippen LogP contribution < -0.4 is 10.2 Å². The normalized spacial score (nSPS) is 16.9. The average molecular weight is 421 g/mol. The summed E-state index contributed by atoms with van der Waals surface area (Å²) in [6.45, 7) is 1.98. The van der Waals surface area contributed by atoms with Crippen molar-refractivity contribution in [1.82, 2.24) is 5.32 Å². The summed E-state index contributed by atoms with van der Waals surface area (Å²) < 4.78 is 11.5. The lowest BCUT2D eigenvalue weighted by molar-refractivity contribution is -0.132. The molecule has 1 unspecified atom stereocenters. The van der Waals surface area contributed by atoms with Gasteiger partial charge in [-0.3, -0.25) is 9.59 Å². The second-order valence-electron chi connectivity index (χ2n) is 6.09. The fraction of sp³-hybridized carbons (Fsp3) is 0.368. The lowest BCUT2D eigenvalue weighted by Gasteiger charge is -2.17. The quantitative estimate of drug-likeness (QED) is 0.525. The predicted octanol–water partition coefficient (Wildman–Crippen LogP) is 3.12. The summed E-state index contributed by atoms with van der Waals surface area (Å²) in [4.78, 5) is 26.5. The van der Waals surface area contributed by atoms with Gasteiger partial charge in [0.2, 0.25) is 11.8 Å². The molecule has 6 nitrogen and oxygen atoms in total. The van der Waals surface area contributed by atoms with Crippen molar-refractivity contribution in [2.75, 3.05) is 24.6 Å². The number of nitrogens with zero attached hydrogens (tertiary/aromatic N) is 1. The molecule has 1 atom stereocenters. The first kappa shape index (κ1) is 18.7. The number of anilines is 1. The maximum absolute atomic E-state index is 12.5. The maximum atomic E-state index is 12.5. The molecule has 7 heteroatoms. The third-order valence-corrected chi connectivity index (χ3v) is 4.72. The monoisotopic (exact) mass is 420 g/mol. The summed E-state index contributed by atoms with van der Waals surface area (Å²) in [6, 6.07) is 11.2. The van der Waals surface area contributed by atoms with E-state index in [2.05, 4.69) is 21.2 Å². The summed E-state index contributed by atoms with van der Waals surface area (Å²) in [7, 11) is 0. The minimum Gasteiger partial charge on any atom is -0.467 e. The zero-order valence-corrected chi connectivity index (χ0v) is 15.9. The second-order valence-corrected chi connectivity index (χ2v) is 7.00. The third kappa shape index (κ3) is 4.74. The van der Waals surface area contributed by atoms with E-state index in [0.29, 0.717) is 39.1 Å². The highest BCUT2D eigenvalue weighted by Gasteiger charge is 2.37. The van der Waals surface area contributed by atoms with Crippen LogP contribution in [0.15, 0.2) is 51.6 Å². The van der Waals surface area contributed by atoms with Crippen molar-refractivity contribution in [2.45, 2.75) is 19.4 Å². The van der Waals surface area contributed by atoms with Gasteiger partial charge in [0.05, 0.1) is 6.26 Å². The van der Waals surface area contributed by atoms with Crippen molar-refractivity contribution in [2.24, 2.45) is 5.92 Å². The molecule has 1 aromatic heterocycles. The van der Waals surface area contributed by atoms with Gasteiger partial charge in [0.15, 0.2) is 0 Å². The largest absolute Gasteiger partial charge is 0.467 e. The lowest BCUT2D eigenvalue weighted by Crippen LogP contribution is -2.37. The summed E-state index contributed by atoms with van der Waals surface area (Å²) in [5, 5.41) is 2.83. The average Bonchev–Trinajstić information content (AvgIpc) is 3.27. The van der Waals surface area contributed by atoms with Gasteiger partial charge in [0, 0.05) is 29.9 Å². The maximum Gasteiger partial charge on any atom is 0.239 e. The number of halogens is 1. The third-order valence-electron chi connectivity index (χ3n) is 4.23. The summed E-state index contributed by atoms with van der Waals surface area (Å²) >= 11 is 3.41. The van der Waals surface area contributed by atoms with Crippen molar-refractivity contribution < 1.29 is 18.7 Å². The molecule has 0 saturated carbocycles.